The number of nitrogens with zero attached hydrogens (tertiary/aromatic N) is 1. The number of para-hydroxylation sites is 1. The predicted octanol–water partition coefficient (Wildman–Crippen LogP) is 5.78. The smallest absolute Gasteiger partial charge is 0.248 e. The lowest BCUT2D eigenvalue weighted by Crippen LogP contribution is -2.44. The molecule has 178 valence electrons. The molecule has 0 radical (unpaired) electrons. The summed E-state index contributed by atoms with van der Waals surface area (Å²) in [5.41, 5.74) is 2.37. The molecular formula is C29H28N2O3S. The standard InChI is InChI=1S/C29H28N2O3S/c1-2-34-25-17-15-23(16-18-25)28(29(33)30-21-22-10-5-3-6-11-22)31(24-12-7-4-8-13-24)27(32)20-26-14-9-19-35-26/h3-19,28H,2,20-21H2,1H3,(H,30,33)/t28-/m1/s1. The van der Waals surface area contributed by atoms with Crippen LogP contribution < -0.4 is 15.0 Å². The van der Waals surface area contributed by atoms with Crippen molar-refractivity contribution >= 4 is 28.8 Å². The molecule has 6 heteroatoms. The molecule has 3 aromatic carbocycles. The van der Waals surface area contributed by atoms with Gasteiger partial charge in [-0.15, -0.1) is 11.3 Å². The van der Waals surface area contributed by atoms with Gasteiger partial charge in [-0.3, -0.25) is 14.5 Å². The molecule has 35 heavy (non-hydrogen) atoms. The highest BCUT2D eigenvalue weighted by Crippen LogP contribution is 2.30. The van der Waals surface area contributed by atoms with Crippen LogP contribution in [0.1, 0.15) is 29.0 Å². The average molecular weight is 485 g/mol. The van der Waals surface area contributed by atoms with Crippen LogP contribution in [0.25, 0.3) is 0 Å². The number of thiophene rings is 1. The van der Waals surface area contributed by atoms with E-state index in [0.717, 1.165) is 16.2 Å². The highest BCUT2D eigenvalue weighted by atomic mass is 32.1. The molecule has 2 amide bonds. The molecule has 0 bridgehead atoms. The molecule has 0 aliphatic rings. The fourth-order valence-corrected chi connectivity index (χ4v) is 4.58. The molecule has 0 saturated carbocycles. The van der Waals surface area contributed by atoms with Gasteiger partial charge in [0.2, 0.25) is 11.8 Å². The van der Waals surface area contributed by atoms with E-state index in [1.54, 1.807) is 4.90 Å². The van der Waals surface area contributed by atoms with Crippen molar-refractivity contribution in [3.63, 3.8) is 0 Å². The minimum atomic E-state index is -0.843. The maximum Gasteiger partial charge on any atom is 0.248 e. The first-order valence-corrected chi connectivity index (χ1v) is 12.5. The van der Waals surface area contributed by atoms with Crippen LogP contribution in [-0.4, -0.2) is 18.4 Å². The number of carbonyl (C=O) groups excluding carboxylic acids is 2. The Bertz CT molecular complexity index is 1210. The highest BCUT2D eigenvalue weighted by molar-refractivity contribution is 7.10. The molecule has 0 aliphatic carbocycles. The molecule has 4 rings (SSSR count). The summed E-state index contributed by atoms with van der Waals surface area (Å²) in [6.45, 7) is 2.85. The van der Waals surface area contributed by atoms with E-state index in [4.69, 9.17) is 4.74 Å². The van der Waals surface area contributed by atoms with Crippen LogP contribution in [0.3, 0.4) is 0 Å². The summed E-state index contributed by atoms with van der Waals surface area (Å²) in [6.07, 6.45) is 0.214. The summed E-state index contributed by atoms with van der Waals surface area (Å²) in [5.74, 6) is 0.324. The molecule has 0 unspecified atom stereocenters. The second kappa shape index (κ2) is 12.0. The van der Waals surface area contributed by atoms with Crippen LogP contribution >= 0.6 is 11.3 Å². The molecular weight excluding hydrogens is 456 g/mol. The molecule has 0 saturated heterocycles. The van der Waals surface area contributed by atoms with Gasteiger partial charge in [0.1, 0.15) is 11.8 Å². The van der Waals surface area contributed by atoms with E-state index < -0.39 is 6.04 Å². The van der Waals surface area contributed by atoms with Crippen molar-refractivity contribution in [2.45, 2.75) is 25.9 Å². The molecule has 1 heterocycles. The van der Waals surface area contributed by atoms with E-state index >= 15 is 0 Å². The number of amides is 2. The Balaban J connectivity index is 1.71. The van der Waals surface area contributed by atoms with Crippen LogP contribution in [0.15, 0.2) is 102 Å². The largest absolute Gasteiger partial charge is 0.494 e. The van der Waals surface area contributed by atoms with Crippen molar-refractivity contribution in [3.05, 3.63) is 118 Å². The molecule has 1 atom stereocenters. The highest BCUT2D eigenvalue weighted by Gasteiger charge is 2.32. The molecule has 1 N–H and O–H groups in total. The van der Waals surface area contributed by atoms with Gasteiger partial charge in [-0.1, -0.05) is 66.7 Å². The third-order valence-corrected chi connectivity index (χ3v) is 6.41. The maximum atomic E-state index is 13.7. The first kappa shape index (κ1) is 24.2. The monoisotopic (exact) mass is 484 g/mol. The normalized spacial score (nSPS) is 11.5. The number of nitrogens with one attached hydrogen (secondary N) is 1. The first-order valence-electron chi connectivity index (χ1n) is 11.6. The predicted molar refractivity (Wildman–Crippen MR) is 141 cm³/mol. The van der Waals surface area contributed by atoms with Crippen LogP contribution in [0, 0.1) is 0 Å². The van der Waals surface area contributed by atoms with Crippen LogP contribution in [0.2, 0.25) is 0 Å². The van der Waals surface area contributed by atoms with Gasteiger partial charge in [0.05, 0.1) is 13.0 Å². The fourth-order valence-electron chi connectivity index (χ4n) is 3.89. The summed E-state index contributed by atoms with van der Waals surface area (Å²) in [5, 5.41) is 4.99. The first-order chi connectivity index (χ1) is 17.2. The minimum absolute atomic E-state index is 0.146. The number of anilines is 1. The Morgan fingerprint density at radius 3 is 2.20 bits per heavy atom. The summed E-state index contributed by atoms with van der Waals surface area (Å²) >= 11 is 1.53. The van der Waals surface area contributed by atoms with Crippen molar-refractivity contribution in [3.8, 4) is 5.75 Å². The van der Waals surface area contributed by atoms with Gasteiger partial charge in [-0.25, -0.2) is 0 Å². The van der Waals surface area contributed by atoms with Gasteiger partial charge in [0.15, 0.2) is 0 Å². The molecule has 4 aromatic rings. The zero-order chi connectivity index (χ0) is 24.5. The third kappa shape index (κ3) is 6.37. The Kier molecular flexibility index (Phi) is 8.30. The molecule has 0 spiro atoms. The van der Waals surface area contributed by atoms with Crippen LogP contribution in [0.4, 0.5) is 5.69 Å². The van der Waals surface area contributed by atoms with E-state index in [2.05, 4.69) is 5.32 Å². The summed E-state index contributed by atoms with van der Waals surface area (Å²) in [7, 11) is 0. The van der Waals surface area contributed by atoms with E-state index in [1.807, 2.05) is 109 Å². The second-order valence-electron chi connectivity index (χ2n) is 7.96. The zero-order valence-corrected chi connectivity index (χ0v) is 20.4. The van der Waals surface area contributed by atoms with Gasteiger partial charge >= 0.3 is 0 Å². The number of carbonyl (C=O) groups is 2. The van der Waals surface area contributed by atoms with Crippen molar-refractivity contribution in [2.75, 3.05) is 11.5 Å². The van der Waals surface area contributed by atoms with E-state index in [-0.39, 0.29) is 18.2 Å². The Morgan fingerprint density at radius 1 is 0.886 bits per heavy atom. The Labute approximate surface area is 210 Å². The Hall–Kier alpha value is -3.90. The number of rotatable bonds is 10. The lowest BCUT2D eigenvalue weighted by Gasteiger charge is -2.31. The zero-order valence-electron chi connectivity index (χ0n) is 19.6. The van der Waals surface area contributed by atoms with Gasteiger partial charge in [0, 0.05) is 17.1 Å². The lowest BCUT2D eigenvalue weighted by atomic mass is 10.0. The Morgan fingerprint density at radius 2 is 1.57 bits per heavy atom. The summed E-state index contributed by atoms with van der Waals surface area (Å²) in [6, 6.07) is 29.5. The van der Waals surface area contributed by atoms with E-state index in [1.165, 1.54) is 11.3 Å². The van der Waals surface area contributed by atoms with Gasteiger partial charge in [-0.2, -0.15) is 0 Å². The quantitative estimate of drug-likeness (QED) is 0.310. The number of ether oxygens (including phenoxy) is 1. The van der Waals surface area contributed by atoms with Gasteiger partial charge in [0.25, 0.3) is 0 Å². The van der Waals surface area contributed by atoms with Crippen LogP contribution in [-0.2, 0) is 22.6 Å². The molecule has 1 aromatic heterocycles. The average Bonchev–Trinajstić information content (AvgIpc) is 3.41. The minimum Gasteiger partial charge on any atom is -0.494 e. The lowest BCUT2D eigenvalue weighted by molar-refractivity contribution is -0.126. The fraction of sp³-hybridized carbons (Fsp3) is 0.172. The van der Waals surface area contributed by atoms with Crippen molar-refractivity contribution in [1.82, 2.24) is 5.32 Å². The molecule has 0 aliphatic heterocycles. The topological polar surface area (TPSA) is 58.6 Å². The molecule has 5 nitrogen and oxygen atoms in total. The van der Waals surface area contributed by atoms with E-state index in [9.17, 15) is 9.59 Å². The SMILES string of the molecule is CCOc1ccc([C@H](C(=O)NCc2ccccc2)N(C(=O)Cc2cccs2)c2ccccc2)cc1. The van der Waals surface area contributed by atoms with Crippen LogP contribution in [0.5, 0.6) is 5.75 Å². The van der Waals surface area contributed by atoms with Gasteiger partial charge in [-0.05, 0) is 53.8 Å². The number of hydrogen-bond acceptors (Lipinski definition) is 4. The number of benzene rings is 3. The summed E-state index contributed by atoms with van der Waals surface area (Å²) < 4.78 is 5.59. The van der Waals surface area contributed by atoms with Crippen molar-refractivity contribution in [2.24, 2.45) is 0 Å². The number of hydrogen-bond donors (Lipinski definition) is 1. The van der Waals surface area contributed by atoms with E-state index in [0.29, 0.717) is 24.4 Å². The third-order valence-electron chi connectivity index (χ3n) is 5.53. The maximum absolute atomic E-state index is 13.7. The van der Waals surface area contributed by atoms with Gasteiger partial charge < -0.3 is 10.1 Å². The second-order valence-corrected chi connectivity index (χ2v) is 9.00. The van der Waals surface area contributed by atoms with Crippen molar-refractivity contribution < 1.29 is 14.3 Å². The van der Waals surface area contributed by atoms with Crippen molar-refractivity contribution in [1.29, 1.82) is 0 Å². The summed E-state index contributed by atoms with van der Waals surface area (Å²) in [4.78, 5) is 30.0. The molecule has 0 fully saturated rings.